The van der Waals surface area contributed by atoms with Crippen molar-refractivity contribution in [3.8, 4) is 17.0 Å². The highest BCUT2D eigenvalue weighted by atomic mass is 32.1. The number of aryl methyl sites for hydroxylation is 2. The number of nitrogens with zero attached hydrogens (tertiary/aromatic N) is 1. The third-order valence-electron chi connectivity index (χ3n) is 5.02. The zero-order valence-corrected chi connectivity index (χ0v) is 19.2. The lowest BCUT2D eigenvalue weighted by Gasteiger charge is -2.21. The molecule has 0 aliphatic carbocycles. The molecule has 0 fully saturated rings. The van der Waals surface area contributed by atoms with Crippen LogP contribution in [0, 0.1) is 19.8 Å². The molecule has 0 spiro atoms. The summed E-state index contributed by atoms with van der Waals surface area (Å²) in [4.78, 5) is 31.3. The van der Waals surface area contributed by atoms with Gasteiger partial charge in [-0.15, -0.1) is 11.3 Å². The largest absolute Gasteiger partial charge is 0.497 e. The molecule has 0 unspecified atom stereocenters. The summed E-state index contributed by atoms with van der Waals surface area (Å²) in [6.07, 6.45) is 0. The highest BCUT2D eigenvalue weighted by molar-refractivity contribution is 7.16. The van der Waals surface area contributed by atoms with Crippen molar-refractivity contribution < 1.29 is 14.3 Å². The molecule has 0 bridgehead atoms. The Kier molecular flexibility index (Phi) is 7.07. The first kappa shape index (κ1) is 22.5. The average molecular weight is 438 g/mol. The number of benzene rings is 2. The zero-order chi connectivity index (χ0) is 22.5. The highest BCUT2D eigenvalue weighted by Gasteiger charge is 2.26. The number of hydrogen-bond donors (Lipinski definition) is 2. The van der Waals surface area contributed by atoms with Crippen molar-refractivity contribution in [3.63, 3.8) is 0 Å². The highest BCUT2D eigenvalue weighted by Crippen LogP contribution is 2.31. The number of carbonyl (C=O) groups excluding carboxylic acids is 2. The van der Waals surface area contributed by atoms with Gasteiger partial charge in [0.15, 0.2) is 5.13 Å². The summed E-state index contributed by atoms with van der Waals surface area (Å²) in [6.45, 7) is 7.64. The number of anilines is 1. The Morgan fingerprint density at radius 1 is 1.03 bits per heavy atom. The zero-order valence-electron chi connectivity index (χ0n) is 18.4. The standard InChI is InChI=1S/C24H27N3O3S/c1-14(2)20(25-22(28)19-9-7-6-8-15(19)3)23(29)27-24-26-21(16(4)31-24)17-10-12-18(30-5)13-11-17/h6-14,20H,1-5H3,(H,25,28)(H,26,27,29)/t20-/m0/s1. The number of rotatable bonds is 7. The molecule has 0 aliphatic heterocycles. The minimum absolute atomic E-state index is 0.0879. The summed E-state index contributed by atoms with van der Waals surface area (Å²) in [5.74, 6) is 0.137. The molecule has 3 aromatic rings. The molecule has 1 heterocycles. The molecule has 6 nitrogen and oxygen atoms in total. The smallest absolute Gasteiger partial charge is 0.252 e. The molecule has 2 N–H and O–H groups in total. The molecule has 0 aliphatic rings. The second-order valence-corrected chi connectivity index (χ2v) is 8.85. The second kappa shape index (κ2) is 9.75. The molecule has 1 atom stereocenters. The summed E-state index contributed by atoms with van der Waals surface area (Å²) < 4.78 is 5.20. The quantitative estimate of drug-likeness (QED) is 0.555. The molecule has 31 heavy (non-hydrogen) atoms. The first-order chi connectivity index (χ1) is 14.8. The molecule has 2 amide bonds. The van der Waals surface area contributed by atoms with Crippen LogP contribution in [0.5, 0.6) is 5.75 Å². The van der Waals surface area contributed by atoms with Crippen molar-refractivity contribution in [2.24, 2.45) is 5.92 Å². The number of nitrogens with one attached hydrogen (secondary N) is 2. The number of thiazole rings is 1. The third-order valence-corrected chi connectivity index (χ3v) is 5.90. The Morgan fingerprint density at radius 3 is 2.32 bits per heavy atom. The fourth-order valence-electron chi connectivity index (χ4n) is 3.23. The van der Waals surface area contributed by atoms with Gasteiger partial charge in [-0.3, -0.25) is 9.59 Å². The molecule has 0 radical (unpaired) electrons. The van der Waals surface area contributed by atoms with Crippen molar-refractivity contribution in [1.29, 1.82) is 0 Å². The van der Waals surface area contributed by atoms with E-state index in [9.17, 15) is 9.59 Å². The Labute approximate surface area is 186 Å². The number of carbonyl (C=O) groups is 2. The lowest BCUT2D eigenvalue weighted by Crippen LogP contribution is -2.47. The van der Waals surface area contributed by atoms with Gasteiger partial charge in [0.1, 0.15) is 11.8 Å². The number of hydrogen-bond acceptors (Lipinski definition) is 5. The summed E-state index contributed by atoms with van der Waals surface area (Å²) in [5.41, 5.74) is 3.19. The van der Waals surface area contributed by atoms with Gasteiger partial charge in [-0.1, -0.05) is 32.0 Å². The summed E-state index contributed by atoms with van der Waals surface area (Å²) >= 11 is 1.41. The van der Waals surface area contributed by atoms with Crippen LogP contribution in [0.1, 0.15) is 34.6 Å². The maximum absolute atomic E-state index is 13.0. The maximum atomic E-state index is 13.0. The summed E-state index contributed by atoms with van der Waals surface area (Å²) in [7, 11) is 1.62. The lowest BCUT2D eigenvalue weighted by atomic mass is 10.0. The van der Waals surface area contributed by atoms with Crippen LogP contribution in [0.25, 0.3) is 11.3 Å². The minimum Gasteiger partial charge on any atom is -0.497 e. The van der Waals surface area contributed by atoms with Crippen LogP contribution in [0.15, 0.2) is 48.5 Å². The second-order valence-electron chi connectivity index (χ2n) is 7.65. The van der Waals surface area contributed by atoms with Crippen molar-refractivity contribution >= 4 is 28.3 Å². The van der Waals surface area contributed by atoms with Gasteiger partial charge in [-0.05, 0) is 55.7 Å². The Balaban J connectivity index is 1.75. The number of amides is 2. The van der Waals surface area contributed by atoms with E-state index in [1.807, 2.05) is 70.2 Å². The molecule has 0 saturated heterocycles. The van der Waals surface area contributed by atoms with Crippen LogP contribution in [0.3, 0.4) is 0 Å². The normalized spacial score (nSPS) is 11.8. The van der Waals surface area contributed by atoms with E-state index < -0.39 is 6.04 Å². The average Bonchev–Trinajstić information content (AvgIpc) is 3.11. The summed E-state index contributed by atoms with van der Waals surface area (Å²) in [5, 5.41) is 6.25. The van der Waals surface area contributed by atoms with E-state index in [0.717, 1.165) is 27.4 Å². The lowest BCUT2D eigenvalue weighted by molar-refractivity contribution is -0.118. The first-order valence-corrected chi connectivity index (χ1v) is 10.9. The number of ether oxygens (including phenoxy) is 1. The van der Waals surface area contributed by atoms with Gasteiger partial charge in [-0.25, -0.2) is 4.98 Å². The van der Waals surface area contributed by atoms with E-state index in [2.05, 4.69) is 15.6 Å². The number of methoxy groups -OCH3 is 1. The Bertz CT molecular complexity index is 1070. The molecule has 3 rings (SSSR count). The molecule has 1 aromatic heterocycles. The molecule has 0 saturated carbocycles. The van der Waals surface area contributed by atoms with Crippen LogP contribution >= 0.6 is 11.3 Å². The van der Waals surface area contributed by atoms with Crippen molar-refractivity contribution in [2.45, 2.75) is 33.7 Å². The van der Waals surface area contributed by atoms with E-state index in [-0.39, 0.29) is 17.7 Å². The molecular formula is C24H27N3O3S. The van der Waals surface area contributed by atoms with E-state index >= 15 is 0 Å². The van der Waals surface area contributed by atoms with Crippen molar-refractivity contribution in [1.82, 2.24) is 10.3 Å². The van der Waals surface area contributed by atoms with E-state index in [0.29, 0.717) is 10.7 Å². The monoisotopic (exact) mass is 437 g/mol. The molecule has 162 valence electrons. The minimum atomic E-state index is -0.680. The van der Waals surface area contributed by atoms with Crippen LogP contribution in [0.4, 0.5) is 5.13 Å². The Hall–Kier alpha value is -3.19. The summed E-state index contributed by atoms with van der Waals surface area (Å²) in [6, 6.07) is 14.3. The Morgan fingerprint density at radius 2 is 1.71 bits per heavy atom. The van der Waals surface area contributed by atoms with Gasteiger partial charge < -0.3 is 15.4 Å². The molecule has 2 aromatic carbocycles. The predicted molar refractivity (Wildman–Crippen MR) is 125 cm³/mol. The van der Waals surface area contributed by atoms with Crippen LogP contribution in [0.2, 0.25) is 0 Å². The van der Waals surface area contributed by atoms with Gasteiger partial charge in [0.2, 0.25) is 5.91 Å². The van der Waals surface area contributed by atoms with E-state index in [4.69, 9.17) is 4.74 Å². The van der Waals surface area contributed by atoms with Gasteiger partial charge >= 0.3 is 0 Å². The SMILES string of the molecule is COc1ccc(-c2nc(NC(=O)[C@@H](NC(=O)c3ccccc3C)C(C)C)sc2C)cc1. The van der Waals surface area contributed by atoms with Crippen LogP contribution < -0.4 is 15.4 Å². The first-order valence-electron chi connectivity index (χ1n) is 10.1. The fourth-order valence-corrected chi connectivity index (χ4v) is 4.07. The van der Waals surface area contributed by atoms with Gasteiger partial charge in [0.25, 0.3) is 5.91 Å². The van der Waals surface area contributed by atoms with Gasteiger partial charge in [0.05, 0.1) is 12.8 Å². The topological polar surface area (TPSA) is 80.3 Å². The third kappa shape index (κ3) is 5.30. The van der Waals surface area contributed by atoms with E-state index in [1.54, 1.807) is 13.2 Å². The van der Waals surface area contributed by atoms with Crippen molar-refractivity contribution in [2.75, 3.05) is 12.4 Å². The van der Waals surface area contributed by atoms with Crippen LogP contribution in [-0.2, 0) is 4.79 Å². The molecular weight excluding hydrogens is 410 g/mol. The predicted octanol–water partition coefficient (Wildman–Crippen LogP) is 4.83. The van der Waals surface area contributed by atoms with Gasteiger partial charge in [-0.2, -0.15) is 0 Å². The maximum Gasteiger partial charge on any atom is 0.252 e. The van der Waals surface area contributed by atoms with Gasteiger partial charge in [0, 0.05) is 16.0 Å². The number of aromatic nitrogens is 1. The van der Waals surface area contributed by atoms with Crippen LogP contribution in [-0.4, -0.2) is 29.9 Å². The van der Waals surface area contributed by atoms with Crippen molar-refractivity contribution in [3.05, 3.63) is 64.5 Å². The van der Waals surface area contributed by atoms with E-state index in [1.165, 1.54) is 11.3 Å². The molecule has 7 heteroatoms. The fraction of sp³-hybridized carbons (Fsp3) is 0.292.